The van der Waals surface area contributed by atoms with Crippen LogP contribution in [0.3, 0.4) is 0 Å². The molecule has 66 valence electrons. The fraction of sp³-hybridized carbons (Fsp3) is 0.300. The fourth-order valence-electron chi connectivity index (χ4n) is 1.47. The number of anilines is 1. The predicted octanol–water partition coefficient (Wildman–Crippen LogP) is 0.706. The van der Waals surface area contributed by atoms with Gasteiger partial charge in [0.25, 0.3) is 0 Å². The van der Waals surface area contributed by atoms with Crippen LogP contribution in [-0.4, -0.2) is 19.1 Å². The molecule has 1 saturated heterocycles. The fourth-order valence-corrected chi connectivity index (χ4v) is 1.47. The molecule has 3 heteroatoms. The van der Waals surface area contributed by atoms with E-state index in [0.717, 1.165) is 18.8 Å². The van der Waals surface area contributed by atoms with Crippen LogP contribution in [-0.2, 0) is 0 Å². The van der Waals surface area contributed by atoms with Gasteiger partial charge in [-0.3, -0.25) is 0 Å². The average Bonchev–Trinajstić information content (AvgIpc) is 2.13. The van der Waals surface area contributed by atoms with E-state index in [1.54, 1.807) is 0 Å². The molecule has 0 amide bonds. The van der Waals surface area contributed by atoms with Crippen LogP contribution in [0.2, 0.25) is 0 Å². The molecule has 2 N–H and O–H groups in total. The molecule has 2 rings (SSSR count). The van der Waals surface area contributed by atoms with Crippen LogP contribution < -0.4 is 10.6 Å². The molecule has 1 aliphatic rings. The maximum Gasteiger partial charge on any atom is 0.0991 e. The minimum atomic E-state index is 0.315. The Balaban J connectivity index is 2.11. The molecule has 0 unspecified atom stereocenters. The first kappa shape index (κ1) is 8.09. The highest BCUT2D eigenvalue weighted by Crippen LogP contribution is 2.19. The zero-order valence-electron chi connectivity index (χ0n) is 7.27. The lowest BCUT2D eigenvalue weighted by Gasteiger charge is -2.38. The van der Waals surface area contributed by atoms with E-state index in [2.05, 4.69) is 11.0 Å². The summed E-state index contributed by atoms with van der Waals surface area (Å²) >= 11 is 0. The summed E-state index contributed by atoms with van der Waals surface area (Å²) in [6.07, 6.45) is 0. The molecular formula is C10H11N3. The van der Waals surface area contributed by atoms with E-state index in [-0.39, 0.29) is 0 Å². The molecule has 0 saturated carbocycles. The topological polar surface area (TPSA) is 53.0 Å². The lowest BCUT2D eigenvalue weighted by Crippen LogP contribution is -2.55. The summed E-state index contributed by atoms with van der Waals surface area (Å²) in [5.74, 6) is 0. The molecule has 0 atom stereocenters. The first-order valence-electron chi connectivity index (χ1n) is 4.30. The smallest absolute Gasteiger partial charge is 0.0991 e. The van der Waals surface area contributed by atoms with Gasteiger partial charge in [-0.1, -0.05) is 0 Å². The van der Waals surface area contributed by atoms with Gasteiger partial charge in [0.2, 0.25) is 0 Å². The summed E-state index contributed by atoms with van der Waals surface area (Å²) in [5, 5.41) is 8.60. The zero-order valence-corrected chi connectivity index (χ0v) is 7.27. The molecule has 0 bridgehead atoms. The van der Waals surface area contributed by atoms with Crippen molar-refractivity contribution in [2.45, 2.75) is 6.04 Å². The van der Waals surface area contributed by atoms with Gasteiger partial charge >= 0.3 is 0 Å². The first-order chi connectivity index (χ1) is 6.29. The molecule has 0 radical (unpaired) electrons. The predicted molar refractivity (Wildman–Crippen MR) is 51.3 cm³/mol. The van der Waals surface area contributed by atoms with Gasteiger partial charge in [0, 0.05) is 24.8 Å². The lowest BCUT2D eigenvalue weighted by atomic mass is 10.1. The average molecular weight is 173 g/mol. The molecule has 13 heavy (non-hydrogen) atoms. The van der Waals surface area contributed by atoms with Crippen molar-refractivity contribution in [3.8, 4) is 6.07 Å². The van der Waals surface area contributed by atoms with Gasteiger partial charge in [-0.05, 0) is 24.3 Å². The molecule has 3 nitrogen and oxygen atoms in total. The Morgan fingerprint density at radius 2 is 1.92 bits per heavy atom. The number of nitrogens with zero attached hydrogens (tertiary/aromatic N) is 2. The van der Waals surface area contributed by atoms with Crippen LogP contribution in [0.1, 0.15) is 5.56 Å². The zero-order chi connectivity index (χ0) is 9.26. The number of hydrogen-bond acceptors (Lipinski definition) is 3. The molecule has 0 aliphatic carbocycles. The summed E-state index contributed by atoms with van der Waals surface area (Å²) < 4.78 is 0. The van der Waals surface area contributed by atoms with Crippen LogP contribution >= 0.6 is 0 Å². The molecule has 1 aromatic carbocycles. The lowest BCUT2D eigenvalue weighted by molar-refractivity contribution is 0.519. The van der Waals surface area contributed by atoms with Gasteiger partial charge in [0.15, 0.2) is 0 Å². The highest BCUT2D eigenvalue weighted by atomic mass is 15.2. The first-order valence-corrected chi connectivity index (χ1v) is 4.30. The monoisotopic (exact) mass is 173 g/mol. The van der Waals surface area contributed by atoms with Crippen molar-refractivity contribution in [2.75, 3.05) is 18.0 Å². The van der Waals surface area contributed by atoms with Crippen LogP contribution in [0.4, 0.5) is 5.69 Å². The van der Waals surface area contributed by atoms with Crippen molar-refractivity contribution in [1.82, 2.24) is 0 Å². The molecule has 1 heterocycles. The number of nitriles is 1. The van der Waals surface area contributed by atoms with E-state index in [9.17, 15) is 0 Å². The van der Waals surface area contributed by atoms with E-state index in [0.29, 0.717) is 11.6 Å². The Bertz CT molecular complexity index is 330. The van der Waals surface area contributed by atoms with Crippen LogP contribution in [0, 0.1) is 11.3 Å². The molecule has 1 aliphatic heterocycles. The highest BCUT2D eigenvalue weighted by Gasteiger charge is 2.22. The second-order valence-corrected chi connectivity index (χ2v) is 3.32. The summed E-state index contributed by atoms with van der Waals surface area (Å²) in [7, 11) is 0. The Labute approximate surface area is 77.4 Å². The number of nitrogens with two attached hydrogens (primary N) is 1. The quantitative estimate of drug-likeness (QED) is 0.680. The van der Waals surface area contributed by atoms with Crippen molar-refractivity contribution in [2.24, 2.45) is 5.73 Å². The van der Waals surface area contributed by atoms with Crippen LogP contribution in [0.5, 0.6) is 0 Å². The Hall–Kier alpha value is -1.53. The molecule has 0 spiro atoms. The number of rotatable bonds is 1. The second kappa shape index (κ2) is 3.08. The van der Waals surface area contributed by atoms with Gasteiger partial charge in [-0.15, -0.1) is 0 Å². The van der Waals surface area contributed by atoms with Crippen molar-refractivity contribution in [3.05, 3.63) is 29.8 Å². The van der Waals surface area contributed by atoms with Crippen LogP contribution in [0.25, 0.3) is 0 Å². The van der Waals surface area contributed by atoms with E-state index < -0.39 is 0 Å². The Morgan fingerprint density at radius 1 is 1.31 bits per heavy atom. The Kier molecular flexibility index (Phi) is 1.91. The van der Waals surface area contributed by atoms with Gasteiger partial charge in [-0.2, -0.15) is 5.26 Å². The summed E-state index contributed by atoms with van der Waals surface area (Å²) in [6, 6.07) is 10.0. The molecule has 0 aromatic heterocycles. The third-order valence-electron chi connectivity index (χ3n) is 2.27. The van der Waals surface area contributed by atoms with Crippen molar-refractivity contribution in [3.63, 3.8) is 0 Å². The minimum Gasteiger partial charge on any atom is -0.368 e. The second-order valence-electron chi connectivity index (χ2n) is 3.32. The number of benzene rings is 1. The molecule has 1 aromatic rings. The standard InChI is InChI=1S/C10H11N3/c11-5-8-1-3-10(4-2-8)13-6-9(12)7-13/h1-4,9H,6-7,12H2. The van der Waals surface area contributed by atoms with Crippen molar-refractivity contribution in [1.29, 1.82) is 5.26 Å². The summed E-state index contributed by atoms with van der Waals surface area (Å²) in [5.41, 5.74) is 7.52. The third kappa shape index (κ3) is 1.49. The van der Waals surface area contributed by atoms with E-state index >= 15 is 0 Å². The normalized spacial score (nSPS) is 16.5. The van der Waals surface area contributed by atoms with Crippen molar-refractivity contribution >= 4 is 5.69 Å². The summed E-state index contributed by atoms with van der Waals surface area (Å²) in [6.45, 7) is 1.85. The number of hydrogen-bond donors (Lipinski definition) is 1. The summed E-state index contributed by atoms with van der Waals surface area (Å²) in [4.78, 5) is 2.20. The SMILES string of the molecule is N#Cc1ccc(N2CC(N)C2)cc1. The largest absolute Gasteiger partial charge is 0.368 e. The third-order valence-corrected chi connectivity index (χ3v) is 2.27. The van der Waals surface area contributed by atoms with E-state index in [1.807, 2.05) is 24.3 Å². The highest BCUT2D eigenvalue weighted by molar-refractivity contribution is 5.51. The molecule has 1 fully saturated rings. The maximum absolute atomic E-state index is 8.60. The Morgan fingerprint density at radius 3 is 2.38 bits per heavy atom. The molecular weight excluding hydrogens is 162 g/mol. The maximum atomic E-state index is 8.60. The van der Waals surface area contributed by atoms with Gasteiger partial charge in [-0.25, -0.2) is 0 Å². The van der Waals surface area contributed by atoms with Crippen LogP contribution in [0.15, 0.2) is 24.3 Å². The minimum absolute atomic E-state index is 0.315. The van der Waals surface area contributed by atoms with Gasteiger partial charge in [0.05, 0.1) is 11.6 Å². The van der Waals surface area contributed by atoms with E-state index in [1.165, 1.54) is 0 Å². The van der Waals surface area contributed by atoms with Gasteiger partial charge in [0.1, 0.15) is 0 Å². The van der Waals surface area contributed by atoms with E-state index in [4.69, 9.17) is 11.0 Å². The van der Waals surface area contributed by atoms with Gasteiger partial charge < -0.3 is 10.6 Å². The van der Waals surface area contributed by atoms with Crippen molar-refractivity contribution < 1.29 is 0 Å².